The molecule has 2 rings (SSSR count). The van der Waals surface area contributed by atoms with Gasteiger partial charge in [-0.05, 0) is 17.0 Å². The maximum absolute atomic E-state index is 13.4. The predicted molar refractivity (Wildman–Crippen MR) is 54.9 cm³/mol. The Morgan fingerprint density at radius 1 is 0.941 bits per heavy atom. The van der Waals surface area contributed by atoms with E-state index in [1.807, 2.05) is 0 Å². The maximum atomic E-state index is 13.4. The first-order chi connectivity index (χ1) is 7.91. The van der Waals surface area contributed by atoms with Gasteiger partial charge in [-0.15, -0.1) is 0 Å². The lowest BCUT2D eigenvalue weighted by Gasteiger charge is -2.16. The highest BCUT2D eigenvalue weighted by atomic mass is 19.4. The summed E-state index contributed by atoms with van der Waals surface area (Å²) in [5, 5.41) is 9.33. The average molecular weight is 244 g/mol. The number of aliphatic hydroxyl groups excluding tert-OH is 1. The lowest BCUT2D eigenvalue weighted by molar-refractivity contribution is -0.206. The highest BCUT2D eigenvalue weighted by molar-refractivity contribution is 5.86. The van der Waals surface area contributed by atoms with Crippen LogP contribution in [0.3, 0.4) is 0 Å². The lowest BCUT2D eigenvalue weighted by Crippen LogP contribution is -2.20. The first kappa shape index (κ1) is 11.9. The molecule has 0 saturated carbocycles. The molecular formula is C12H8F4O. The van der Waals surface area contributed by atoms with E-state index in [4.69, 9.17) is 0 Å². The second-order valence-electron chi connectivity index (χ2n) is 3.63. The SMILES string of the molecule is OC(c1cccc2c(F)cccc12)C(F)(F)F. The van der Waals surface area contributed by atoms with E-state index >= 15 is 0 Å². The fourth-order valence-electron chi connectivity index (χ4n) is 1.71. The summed E-state index contributed by atoms with van der Waals surface area (Å²) in [6.45, 7) is 0. The van der Waals surface area contributed by atoms with Crippen LogP contribution in [-0.2, 0) is 0 Å². The summed E-state index contributed by atoms with van der Waals surface area (Å²) in [6.07, 6.45) is -7.37. The van der Waals surface area contributed by atoms with Crippen LogP contribution in [0.1, 0.15) is 11.7 Å². The second kappa shape index (κ2) is 4.00. The minimum Gasteiger partial charge on any atom is -0.379 e. The Morgan fingerprint density at radius 2 is 1.53 bits per heavy atom. The molecule has 1 N–H and O–H groups in total. The standard InChI is InChI=1S/C12H8F4O/c13-10-6-2-3-7-8(10)4-1-5-9(7)11(17)12(14,15)16/h1-6,11,17H. The van der Waals surface area contributed by atoms with Crippen molar-refractivity contribution in [2.24, 2.45) is 0 Å². The van der Waals surface area contributed by atoms with Crippen LogP contribution in [0, 0.1) is 5.82 Å². The molecule has 0 saturated heterocycles. The molecule has 0 aromatic heterocycles. The Morgan fingerprint density at radius 3 is 2.18 bits per heavy atom. The van der Waals surface area contributed by atoms with E-state index in [-0.39, 0.29) is 16.3 Å². The van der Waals surface area contributed by atoms with Crippen molar-refractivity contribution < 1.29 is 22.7 Å². The van der Waals surface area contributed by atoms with Crippen LogP contribution in [0.4, 0.5) is 17.6 Å². The number of benzene rings is 2. The molecule has 1 atom stereocenters. The molecule has 0 bridgehead atoms. The van der Waals surface area contributed by atoms with E-state index in [1.54, 1.807) is 0 Å². The average Bonchev–Trinajstić information content (AvgIpc) is 2.27. The monoisotopic (exact) mass is 244 g/mol. The number of hydrogen-bond donors (Lipinski definition) is 1. The molecule has 2 aromatic rings. The van der Waals surface area contributed by atoms with Gasteiger partial charge in [-0.3, -0.25) is 0 Å². The van der Waals surface area contributed by atoms with Gasteiger partial charge in [0.25, 0.3) is 0 Å². The highest BCUT2D eigenvalue weighted by Gasteiger charge is 2.40. The van der Waals surface area contributed by atoms with Crippen LogP contribution in [-0.4, -0.2) is 11.3 Å². The van der Waals surface area contributed by atoms with Crippen molar-refractivity contribution in [1.29, 1.82) is 0 Å². The summed E-state index contributed by atoms with van der Waals surface area (Å²) in [6, 6.07) is 7.62. The number of aliphatic hydroxyl groups is 1. The van der Waals surface area contributed by atoms with Gasteiger partial charge in [0.1, 0.15) is 5.82 Å². The van der Waals surface area contributed by atoms with Crippen molar-refractivity contribution in [3.63, 3.8) is 0 Å². The van der Waals surface area contributed by atoms with Crippen LogP contribution < -0.4 is 0 Å². The smallest absolute Gasteiger partial charge is 0.379 e. The topological polar surface area (TPSA) is 20.2 Å². The van der Waals surface area contributed by atoms with Gasteiger partial charge in [-0.2, -0.15) is 13.2 Å². The third-order valence-electron chi connectivity index (χ3n) is 2.51. The number of alkyl halides is 3. The van der Waals surface area contributed by atoms with Crippen molar-refractivity contribution in [3.05, 3.63) is 47.8 Å². The number of rotatable bonds is 1. The van der Waals surface area contributed by atoms with Crippen molar-refractivity contribution >= 4 is 10.8 Å². The Hall–Kier alpha value is -1.62. The summed E-state index contributed by atoms with van der Waals surface area (Å²) >= 11 is 0. The Labute approximate surface area is 94.3 Å². The second-order valence-corrected chi connectivity index (χ2v) is 3.63. The van der Waals surface area contributed by atoms with Gasteiger partial charge in [-0.1, -0.05) is 30.3 Å². The molecule has 1 unspecified atom stereocenters. The van der Waals surface area contributed by atoms with Crippen LogP contribution in [0.25, 0.3) is 10.8 Å². The number of hydrogen-bond acceptors (Lipinski definition) is 1. The number of fused-ring (bicyclic) bond motifs is 1. The highest BCUT2D eigenvalue weighted by Crippen LogP contribution is 2.36. The maximum Gasteiger partial charge on any atom is 0.418 e. The molecule has 0 radical (unpaired) electrons. The van der Waals surface area contributed by atoms with Crippen LogP contribution in [0.5, 0.6) is 0 Å². The Kier molecular flexibility index (Phi) is 2.79. The molecule has 0 amide bonds. The van der Waals surface area contributed by atoms with E-state index in [2.05, 4.69) is 0 Å². The molecule has 0 heterocycles. The summed E-state index contributed by atoms with van der Waals surface area (Å²) in [5.74, 6) is -0.612. The third kappa shape index (κ3) is 2.10. The van der Waals surface area contributed by atoms with Gasteiger partial charge in [0, 0.05) is 5.39 Å². The Balaban J connectivity index is 2.67. The quantitative estimate of drug-likeness (QED) is 0.760. The Bertz CT molecular complexity index is 548. The van der Waals surface area contributed by atoms with E-state index in [9.17, 15) is 22.7 Å². The molecule has 0 spiro atoms. The van der Waals surface area contributed by atoms with Crippen molar-refractivity contribution in [2.45, 2.75) is 12.3 Å². The minimum atomic E-state index is -4.76. The molecular weight excluding hydrogens is 236 g/mol. The van der Waals surface area contributed by atoms with E-state index in [0.717, 1.165) is 12.1 Å². The van der Waals surface area contributed by atoms with E-state index in [0.29, 0.717) is 0 Å². The molecule has 2 aromatic carbocycles. The van der Waals surface area contributed by atoms with Crippen molar-refractivity contribution in [2.75, 3.05) is 0 Å². The van der Waals surface area contributed by atoms with Crippen LogP contribution in [0.2, 0.25) is 0 Å². The van der Waals surface area contributed by atoms with Gasteiger partial charge in [0.15, 0.2) is 6.10 Å². The predicted octanol–water partition coefficient (Wildman–Crippen LogP) is 3.57. The molecule has 1 nitrogen and oxygen atoms in total. The minimum absolute atomic E-state index is 0.0632. The molecule has 0 aliphatic rings. The first-order valence-corrected chi connectivity index (χ1v) is 4.83. The summed E-state index contributed by atoms with van der Waals surface area (Å²) in [5.41, 5.74) is -0.338. The molecule has 90 valence electrons. The fraction of sp³-hybridized carbons (Fsp3) is 0.167. The zero-order valence-corrected chi connectivity index (χ0v) is 8.50. The third-order valence-corrected chi connectivity index (χ3v) is 2.51. The number of halogens is 4. The normalized spacial score (nSPS) is 13.9. The summed E-state index contributed by atoms with van der Waals surface area (Å²) in [7, 11) is 0. The fourth-order valence-corrected chi connectivity index (χ4v) is 1.71. The largest absolute Gasteiger partial charge is 0.418 e. The molecule has 5 heteroatoms. The van der Waals surface area contributed by atoms with E-state index in [1.165, 1.54) is 24.3 Å². The van der Waals surface area contributed by atoms with Crippen LogP contribution >= 0.6 is 0 Å². The van der Waals surface area contributed by atoms with Crippen molar-refractivity contribution in [3.8, 4) is 0 Å². The zero-order chi connectivity index (χ0) is 12.6. The van der Waals surface area contributed by atoms with Gasteiger partial charge in [-0.25, -0.2) is 4.39 Å². The van der Waals surface area contributed by atoms with Gasteiger partial charge >= 0.3 is 6.18 Å². The summed E-state index contributed by atoms with van der Waals surface area (Å²) < 4.78 is 50.6. The molecule has 0 aliphatic heterocycles. The van der Waals surface area contributed by atoms with Gasteiger partial charge < -0.3 is 5.11 Å². The lowest BCUT2D eigenvalue weighted by atomic mass is 10.00. The molecule has 0 aliphatic carbocycles. The van der Waals surface area contributed by atoms with Crippen LogP contribution in [0.15, 0.2) is 36.4 Å². The molecule has 0 fully saturated rings. The summed E-state index contributed by atoms with van der Waals surface area (Å²) in [4.78, 5) is 0. The first-order valence-electron chi connectivity index (χ1n) is 4.83. The molecule has 17 heavy (non-hydrogen) atoms. The van der Waals surface area contributed by atoms with E-state index < -0.39 is 18.1 Å². The van der Waals surface area contributed by atoms with Crippen molar-refractivity contribution in [1.82, 2.24) is 0 Å². The van der Waals surface area contributed by atoms with Gasteiger partial charge in [0.2, 0.25) is 0 Å². The zero-order valence-electron chi connectivity index (χ0n) is 8.50. The van der Waals surface area contributed by atoms with Gasteiger partial charge in [0.05, 0.1) is 0 Å².